The van der Waals surface area contributed by atoms with Crippen LogP contribution in [0.25, 0.3) is 10.8 Å². The lowest BCUT2D eigenvalue weighted by Gasteiger charge is -2.11. The van der Waals surface area contributed by atoms with Gasteiger partial charge < -0.3 is 5.32 Å². The SMILES string of the molecule is Clc1ncc(Cl)c(Nc2ccc(Br)c3ccccc23)n1. The van der Waals surface area contributed by atoms with Crippen LogP contribution in [0.15, 0.2) is 47.1 Å². The summed E-state index contributed by atoms with van der Waals surface area (Å²) >= 11 is 15.4. The van der Waals surface area contributed by atoms with E-state index >= 15 is 0 Å². The zero-order chi connectivity index (χ0) is 14.1. The Hall–Kier alpha value is -1.36. The van der Waals surface area contributed by atoms with Crippen LogP contribution in [0.4, 0.5) is 11.5 Å². The minimum absolute atomic E-state index is 0.151. The molecule has 0 atom stereocenters. The van der Waals surface area contributed by atoms with Crippen molar-refractivity contribution in [3.05, 3.63) is 57.4 Å². The number of benzene rings is 2. The molecule has 0 saturated carbocycles. The van der Waals surface area contributed by atoms with E-state index < -0.39 is 0 Å². The maximum Gasteiger partial charge on any atom is 0.224 e. The average Bonchev–Trinajstić information content (AvgIpc) is 2.46. The van der Waals surface area contributed by atoms with Gasteiger partial charge in [0.1, 0.15) is 5.02 Å². The number of nitrogens with one attached hydrogen (secondary N) is 1. The number of hydrogen-bond acceptors (Lipinski definition) is 3. The Morgan fingerprint density at radius 3 is 2.55 bits per heavy atom. The van der Waals surface area contributed by atoms with Gasteiger partial charge in [-0.2, -0.15) is 4.98 Å². The first kappa shape index (κ1) is 13.6. The van der Waals surface area contributed by atoms with Crippen molar-refractivity contribution in [2.45, 2.75) is 0 Å². The lowest BCUT2D eigenvalue weighted by Crippen LogP contribution is -1.97. The number of halogens is 3. The van der Waals surface area contributed by atoms with E-state index in [1.165, 1.54) is 6.20 Å². The second-order valence-corrected chi connectivity index (χ2v) is 5.70. The number of aromatic nitrogens is 2. The minimum atomic E-state index is 0.151. The van der Waals surface area contributed by atoms with Crippen LogP contribution in [0.2, 0.25) is 10.3 Å². The molecule has 0 aliphatic carbocycles. The largest absolute Gasteiger partial charge is 0.338 e. The molecule has 0 spiro atoms. The molecule has 6 heteroatoms. The van der Waals surface area contributed by atoms with Gasteiger partial charge in [0.2, 0.25) is 5.28 Å². The molecule has 2 aromatic carbocycles. The molecule has 3 rings (SSSR count). The van der Waals surface area contributed by atoms with Crippen LogP contribution < -0.4 is 5.32 Å². The molecule has 0 saturated heterocycles. The zero-order valence-electron chi connectivity index (χ0n) is 10.1. The van der Waals surface area contributed by atoms with Crippen molar-refractivity contribution in [2.24, 2.45) is 0 Å². The van der Waals surface area contributed by atoms with Crippen LogP contribution in [0.5, 0.6) is 0 Å². The quantitative estimate of drug-likeness (QED) is 0.611. The zero-order valence-corrected chi connectivity index (χ0v) is 13.2. The molecule has 0 fully saturated rings. The van der Waals surface area contributed by atoms with Crippen molar-refractivity contribution in [2.75, 3.05) is 5.32 Å². The topological polar surface area (TPSA) is 37.8 Å². The summed E-state index contributed by atoms with van der Waals surface area (Å²) < 4.78 is 1.03. The summed E-state index contributed by atoms with van der Waals surface area (Å²) in [5.41, 5.74) is 0.903. The fourth-order valence-corrected chi connectivity index (χ4v) is 2.68. The maximum absolute atomic E-state index is 6.07. The van der Waals surface area contributed by atoms with E-state index in [1.54, 1.807) is 0 Å². The fourth-order valence-electron chi connectivity index (χ4n) is 1.93. The van der Waals surface area contributed by atoms with Gasteiger partial charge in [-0.3, -0.25) is 0 Å². The first-order chi connectivity index (χ1) is 9.65. The molecule has 0 amide bonds. The number of fused-ring (bicyclic) bond motifs is 1. The number of anilines is 2. The third kappa shape index (κ3) is 2.59. The van der Waals surface area contributed by atoms with E-state index in [1.807, 2.05) is 36.4 Å². The van der Waals surface area contributed by atoms with E-state index in [0.29, 0.717) is 10.8 Å². The van der Waals surface area contributed by atoms with E-state index in [9.17, 15) is 0 Å². The summed E-state index contributed by atoms with van der Waals surface area (Å²) in [6, 6.07) is 12.0. The van der Waals surface area contributed by atoms with E-state index in [2.05, 4.69) is 31.2 Å². The van der Waals surface area contributed by atoms with Gasteiger partial charge in [-0.25, -0.2) is 4.98 Å². The Balaban J connectivity index is 2.11. The highest BCUT2D eigenvalue weighted by Gasteiger charge is 2.08. The highest BCUT2D eigenvalue weighted by atomic mass is 79.9. The fraction of sp³-hybridized carbons (Fsp3) is 0. The van der Waals surface area contributed by atoms with Crippen molar-refractivity contribution in [3.63, 3.8) is 0 Å². The Kier molecular flexibility index (Phi) is 3.78. The molecule has 0 unspecified atom stereocenters. The van der Waals surface area contributed by atoms with Gasteiger partial charge >= 0.3 is 0 Å². The molecule has 0 aliphatic rings. The van der Waals surface area contributed by atoms with Crippen molar-refractivity contribution < 1.29 is 0 Å². The predicted octanol–water partition coefficient (Wildman–Crippen LogP) is 5.44. The van der Waals surface area contributed by atoms with Gasteiger partial charge in [-0.05, 0) is 29.1 Å². The Morgan fingerprint density at radius 1 is 1.00 bits per heavy atom. The van der Waals surface area contributed by atoms with Crippen LogP contribution in [-0.4, -0.2) is 9.97 Å². The van der Waals surface area contributed by atoms with Crippen molar-refractivity contribution in [1.29, 1.82) is 0 Å². The van der Waals surface area contributed by atoms with Crippen LogP contribution >= 0.6 is 39.1 Å². The van der Waals surface area contributed by atoms with Gasteiger partial charge in [0.05, 0.1) is 6.20 Å². The smallest absolute Gasteiger partial charge is 0.224 e. The van der Waals surface area contributed by atoms with Crippen molar-refractivity contribution in [1.82, 2.24) is 9.97 Å². The molecule has 1 N–H and O–H groups in total. The third-order valence-corrected chi connectivity index (χ3v) is 3.99. The number of rotatable bonds is 2. The molecular formula is C14H8BrCl2N3. The van der Waals surface area contributed by atoms with Crippen LogP contribution in [0.1, 0.15) is 0 Å². The average molecular weight is 369 g/mol. The molecule has 1 heterocycles. The number of hydrogen-bond donors (Lipinski definition) is 1. The first-order valence-corrected chi connectivity index (χ1v) is 7.32. The molecule has 0 aliphatic heterocycles. The van der Waals surface area contributed by atoms with Crippen LogP contribution in [-0.2, 0) is 0 Å². The van der Waals surface area contributed by atoms with E-state index in [0.717, 1.165) is 20.9 Å². The summed E-state index contributed by atoms with van der Waals surface area (Å²) in [6.07, 6.45) is 1.47. The number of nitrogens with zero attached hydrogens (tertiary/aromatic N) is 2. The summed E-state index contributed by atoms with van der Waals surface area (Å²) in [5, 5.41) is 5.93. The second kappa shape index (κ2) is 5.56. The Bertz CT molecular complexity index is 792. The monoisotopic (exact) mass is 367 g/mol. The molecule has 0 radical (unpaired) electrons. The summed E-state index contributed by atoms with van der Waals surface area (Å²) in [7, 11) is 0. The molecule has 100 valence electrons. The van der Waals surface area contributed by atoms with Crippen LogP contribution in [0.3, 0.4) is 0 Å². The minimum Gasteiger partial charge on any atom is -0.338 e. The van der Waals surface area contributed by atoms with Gasteiger partial charge in [0, 0.05) is 15.5 Å². The first-order valence-electron chi connectivity index (χ1n) is 5.77. The molecule has 0 bridgehead atoms. The van der Waals surface area contributed by atoms with Gasteiger partial charge in [-0.15, -0.1) is 0 Å². The normalized spacial score (nSPS) is 10.8. The highest BCUT2D eigenvalue weighted by Crippen LogP contribution is 2.32. The lowest BCUT2D eigenvalue weighted by molar-refractivity contribution is 1.17. The van der Waals surface area contributed by atoms with Crippen LogP contribution in [0, 0.1) is 0 Å². The van der Waals surface area contributed by atoms with Gasteiger partial charge in [-0.1, -0.05) is 51.8 Å². The van der Waals surface area contributed by atoms with E-state index in [-0.39, 0.29) is 5.28 Å². The third-order valence-electron chi connectivity index (χ3n) is 2.84. The lowest BCUT2D eigenvalue weighted by atomic mass is 10.1. The molecule has 1 aromatic heterocycles. The highest BCUT2D eigenvalue weighted by molar-refractivity contribution is 9.10. The predicted molar refractivity (Wildman–Crippen MR) is 87.0 cm³/mol. The molecule has 20 heavy (non-hydrogen) atoms. The Morgan fingerprint density at radius 2 is 1.75 bits per heavy atom. The standard InChI is InChI=1S/C14H8BrCl2N3/c15-10-5-6-12(9-4-2-1-3-8(9)10)19-13-11(16)7-18-14(17)20-13/h1-7H,(H,18,19,20). The molecule has 3 aromatic rings. The van der Waals surface area contributed by atoms with Crippen molar-refractivity contribution >= 4 is 61.4 Å². The second-order valence-electron chi connectivity index (χ2n) is 4.10. The van der Waals surface area contributed by atoms with Gasteiger partial charge in [0.25, 0.3) is 0 Å². The Labute approximate surface area is 134 Å². The summed E-state index contributed by atoms with van der Waals surface area (Å²) in [4.78, 5) is 7.93. The molecular weight excluding hydrogens is 361 g/mol. The molecule has 3 nitrogen and oxygen atoms in total. The maximum atomic E-state index is 6.07. The summed E-state index contributed by atoms with van der Waals surface area (Å²) in [5.74, 6) is 0.485. The van der Waals surface area contributed by atoms with Crippen molar-refractivity contribution in [3.8, 4) is 0 Å². The van der Waals surface area contributed by atoms with Gasteiger partial charge in [0.15, 0.2) is 5.82 Å². The van der Waals surface area contributed by atoms with E-state index in [4.69, 9.17) is 23.2 Å². The summed E-state index contributed by atoms with van der Waals surface area (Å²) in [6.45, 7) is 0.